The lowest BCUT2D eigenvalue weighted by atomic mass is 9.84. The van der Waals surface area contributed by atoms with Gasteiger partial charge in [0.2, 0.25) is 11.9 Å². The lowest BCUT2D eigenvalue weighted by Crippen LogP contribution is -2.50. The van der Waals surface area contributed by atoms with Crippen LogP contribution in [-0.2, 0) is 10.2 Å². The SMILES string of the molecule is CN=C(NCCC(=O)N1CCN(c2ncccn2)CC1)NCC(C)(C)c1cccc(F)c1.I. The van der Waals surface area contributed by atoms with E-state index in [4.69, 9.17) is 0 Å². The molecule has 10 heteroatoms. The summed E-state index contributed by atoms with van der Waals surface area (Å²) in [6, 6.07) is 8.43. The number of nitrogens with one attached hydrogen (secondary N) is 2. The Hall–Kier alpha value is -2.50. The zero-order valence-corrected chi connectivity index (χ0v) is 21.8. The van der Waals surface area contributed by atoms with Gasteiger partial charge in [0.25, 0.3) is 0 Å². The van der Waals surface area contributed by atoms with Crippen LogP contribution in [0.25, 0.3) is 0 Å². The molecule has 0 atom stereocenters. The second-order valence-electron chi connectivity index (χ2n) is 8.41. The zero-order valence-electron chi connectivity index (χ0n) is 19.4. The van der Waals surface area contributed by atoms with Crippen molar-refractivity contribution in [3.05, 3.63) is 54.1 Å². The first kappa shape index (κ1) is 26.7. The Balaban J connectivity index is 0.00000385. The second kappa shape index (κ2) is 12.7. The van der Waals surface area contributed by atoms with Gasteiger partial charge in [-0.2, -0.15) is 0 Å². The van der Waals surface area contributed by atoms with Gasteiger partial charge in [0.1, 0.15) is 5.82 Å². The molecule has 8 nitrogen and oxygen atoms in total. The van der Waals surface area contributed by atoms with E-state index in [1.807, 2.05) is 24.8 Å². The first-order chi connectivity index (χ1) is 15.4. The summed E-state index contributed by atoms with van der Waals surface area (Å²) in [5.41, 5.74) is 0.633. The number of hydrogen-bond donors (Lipinski definition) is 2. The van der Waals surface area contributed by atoms with Gasteiger partial charge in [-0.15, -0.1) is 24.0 Å². The smallest absolute Gasteiger partial charge is 0.225 e. The van der Waals surface area contributed by atoms with Gasteiger partial charge in [-0.1, -0.05) is 26.0 Å². The van der Waals surface area contributed by atoms with Crippen molar-refractivity contribution in [2.24, 2.45) is 4.99 Å². The number of amides is 1. The molecule has 33 heavy (non-hydrogen) atoms. The lowest BCUT2D eigenvalue weighted by Gasteiger charge is -2.34. The summed E-state index contributed by atoms with van der Waals surface area (Å²) in [6.45, 7) is 7.92. The van der Waals surface area contributed by atoms with Crippen molar-refractivity contribution >= 4 is 41.8 Å². The Bertz CT molecular complexity index is 918. The third-order valence-corrected chi connectivity index (χ3v) is 5.63. The molecular weight excluding hydrogens is 536 g/mol. The Kier molecular flexibility index (Phi) is 10.3. The first-order valence-corrected chi connectivity index (χ1v) is 10.9. The van der Waals surface area contributed by atoms with Crippen LogP contribution in [0.3, 0.4) is 0 Å². The number of guanidine groups is 1. The van der Waals surface area contributed by atoms with E-state index in [-0.39, 0.29) is 41.1 Å². The molecule has 180 valence electrons. The Labute approximate surface area is 212 Å². The molecule has 1 aliphatic heterocycles. The molecule has 1 aromatic heterocycles. The number of hydrogen-bond acceptors (Lipinski definition) is 5. The number of aromatic nitrogens is 2. The van der Waals surface area contributed by atoms with Gasteiger partial charge in [0, 0.05) is 70.5 Å². The van der Waals surface area contributed by atoms with Gasteiger partial charge in [0.15, 0.2) is 5.96 Å². The van der Waals surface area contributed by atoms with Crippen LogP contribution in [0.15, 0.2) is 47.7 Å². The molecule has 2 N–H and O–H groups in total. The van der Waals surface area contributed by atoms with E-state index >= 15 is 0 Å². The van der Waals surface area contributed by atoms with Crippen LogP contribution in [0.2, 0.25) is 0 Å². The molecule has 1 fully saturated rings. The van der Waals surface area contributed by atoms with Crippen molar-refractivity contribution in [1.29, 1.82) is 0 Å². The largest absolute Gasteiger partial charge is 0.356 e. The highest BCUT2D eigenvalue weighted by molar-refractivity contribution is 14.0. The molecule has 0 saturated carbocycles. The summed E-state index contributed by atoms with van der Waals surface area (Å²) in [6.07, 6.45) is 3.84. The van der Waals surface area contributed by atoms with E-state index in [1.165, 1.54) is 6.07 Å². The second-order valence-corrected chi connectivity index (χ2v) is 8.41. The quantitative estimate of drug-likeness (QED) is 0.303. The lowest BCUT2D eigenvalue weighted by molar-refractivity contribution is -0.131. The third-order valence-electron chi connectivity index (χ3n) is 5.63. The van der Waals surface area contributed by atoms with Crippen LogP contribution >= 0.6 is 24.0 Å². The fraction of sp³-hybridized carbons (Fsp3) is 0.478. The highest BCUT2D eigenvalue weighted by Gasteiger charge is 2.23. The van der Waals surface area contributed by atoms with E-state index in [1.54, 1.807) is 37.6 Å². The van der Waals surface area contributed by atoms with Crippen molar-refractivity contribution in [2.75, 3.05) is 51.2 Å². The van der Waals surface area contributed by atoms with Gasteiger partial charge in [-0.05, 0) is 23.8 Å². The summed E-state index contributed by atoms with van der Waals surface area (Å²) in [4.78, 5) is 29.3. The molecule has 1 aliphatic rings. The number of anilines is 1. The molecule has 2 heterocycles. The van der Waals surface area contributed by atoms with Crippen LogP contribution in [0.4, 0.5) is 10.3 Å². The maximum absolute atomic E-state index is 13.6. The number of benzene rings is 1. The molecule has 1 saturated heterocycles. The van der Waals surface area contributed by atoms with Crippen LogP contribution in [-0.4, -0.2) is 73.1 Å². The van der Waals surface area contributed by atoms with Crippen molar-refractivity contribution in [1.82, 2.24) is 25.5 Å². The summed E-state index contributed by atoms with van der Waals surface area (Å²) < 4.78 is 13.6. The molecule has 0 bridgehead atoms. The summed E-state index contributed by atoms with van der Waals surface area (Å²) in [5.74, 6) is 1.20. The highest BCUT2D eigenvalue weighted by atomic mass is 127. The van der Waals surface area contributed by atoms with E-state index in [0.717, 1.165) is 18.7 Å². The van der Waals surface area contributed by atoms with Gasteiger partial charge in [-0.25, -0.2) is 14.4 Å². The number of carbonyl (C=O) groups excluding carboxylic acids is 1. The van der Waals surface area contributed by atoms with Crippen molar-refractivity contribution in [2.45, 2.75) is 25.7 Å². The topological polar surface area (TPSA) is 85.8 Å². The van der Waals surface area contributed by atoms with E-state index < -0.39 is 0 Å². The minimum absolute atomic E-state index is 0. The van der Waals surface area contributed by atoms with E-state index in [9.17, 15) is 9.18 Å². The fourth-order valence-electron chi connectivity index (χ4n) is 3.59. The fourth-order valence-corrected chi connectivity index (χ4v) is 3.59. The number of carbonyl (C=O) groups is 1. The Morgan fingerprint density at radius 2 is 1.82 bits per heavy atom. The molecule has 3 rings (SSSR count). The highest BCUT2D eigenvalue weighted by Crippen LogP contribution is 2.22. The molecule has 0 radical (unpaired) electrons. The predicted molar refractivity (Wildman–Crippen MR) is 140 cm³/mol. The predicted octanol–water partition coefficient (Wildman–Crippen LogP) is 2.42. The zero-order chi connectivity index (χ0) is 23.0. The van der Waals surface area contributed by atoms with Gasteiger partial charge >= 0.3 is 0 Å². The van der Waals surface area contributed by atoms with Crippen LogP contribution < -0.4 is 15.5 Å². The minimum atomic E-state index is -0.280. The van der Waals surface area contributed by atoms with Crippen molar-refractivity contribution in [3.63, 3.8) is 0 Å². The van der Waals surface area contributed by atoms with Crippen LogP contribution in [0, 0.1) is 5.82 Å². The maximum atomic E-state index is 13.6. The normalized spacial score (nSPS) is 14.5. The average Bonchev–Trinajstić information content (AvgIpc) is 2.82. The average molecular weight is 569 g/mol. The number of piperazine rings is 1. The van der Waals surface area contributed by atoms with Crippen molar-refractivity contribution in [3.8, 4) is 0 Å². The summed E-state index contributed by atoms with van der Waals surface area (Å²) in [7, 11) is 1.69. The number of rotatable bonds is 7. The maximum Gasteiger partial charge on any atom is 0.225 e. The third kappa shape index (κ3) is 7.79. The molecule has 0 aliphatic carbocycles. The monoisotopic (exact) mass is 569 g/mol. The molecule has 0 spiro atoms. The molecule has 2 aromatic rings. The standard InChI is InChI=1S/C23H32FN7O.HI/c1-23(2,18-6-4-7-19(24)16-18)17-29-21(25-3)26-11-8-20(32)30-12-14-31(15-13-30)22-27-9-5-10-28-22;/h4-7,9-10,16H,8,11-15,17H2,1-3H3,(H2,25,26,29);1H. The van der Waals surface area contributed by atoms with E-state index in [0.29, 0.717) is 44.5 Å². The van der Waals surface area contributed by atoms with Crippen LogP contribution in [0.5, 0.6) is 0 Å². The Morgan fingerprint density at radius 3 is 2.45 bits per heavy atom. The van der Waals surface area contributed by atoms with Crippen LogP contribution in [0.1, 0.15) is 25.8 Å². The number of halogens is 2. The summed E-state index contributed by atoms with van der Waals surface area (Å²) >= 11 is 0. The molecule has 0 unspecified atom stereocenters. The van der Waals surface area contributed by atoms with E-state index in [2.05, 4.69) is 30.5 Å². The van der Waals surface area contributed by atoms with Gasteiger partial charge < -0.3 is 20.4 Å². The number of nitrogens with zero attached hydrogens (tertiary/aromatic N) is 5. The van der Waals surface area contributed by atoms with Gasteiger partial charge in [0.05, 0.1) is 0 Å². The molecule has 1 aromatic carbocycles. The molecule has 1 amide bonds. The number of aliphatic imine (C=N–C) groups is 1. The van der Waals surface area contributed by atoms with Gasteiger partial charge in [-0.3, -0.25) is 9.79 Å². The first-order valence-electron chi connectivity index (χ1n) is 10.9. The summed E-state index contributed by atoms with van der Waals surface area (Å²) in [5, 5.41) is 6.47. The minimum Gasteiger partial charge on any atom is -0.356 e. The Morgan fingerprint density at radius 1 is 1.12 bits per heavy atom. The molecular formula is C23H33FIN7O. The van der Waals surface area contributed by atoms with Crippen molar-refractivity contribution < 1.29 is 9.18 Å².